The third kappa shape index (κ3) is 2.05. The number of hydrogen-bond donors (Lipinski definition) is 0. The van der Waals surface area contributed by atoms with E-state index in [0.29, 0.717) is 0 Å². The van der Waals surface area contributed by atoms with Gasteiger partial charge in [-0.05, 0) is 19.4 Å². The summed E-state index contributed by atoms with van der Waals surface area (Å²) in [4.78, 5) is 0. The van der Waals surface area contributed by atoms with E-state index in [1.54, 1.807) is 0 Å². The molecule has 0 aliphatic rings. The van der Waals surface area contributed by atoms with Gasteiger partial charge < -0.3 is 0 Å². The molecule has 15 heavy (non-hydrogen) atoms. The summed E-state index contributed by atoms with van der Waals surface area (Å²) in [5.74, 6) is 0. The van der Waals surface area contributed by atoms with Crippen LogP contribution in [0.5, 0.6) is 0 Å². The number of halogens is 1. The minimum atomic E-state index is 0.769. The molecule has 3 heteroatoms. The normalized spacial score (nSPS) is 10.6. The molecule has 1 aromatic carbocycles. The summed E-state index contributed by atoms with van der Waals surface area (Å²) in [6.45, 7) is 4.70. The number of aromatic nitrogens is 2. The van der Waals surface area contributed by atoms with Gasteiger partial charge in [-0.1, -0.05) is 41.9 Å². The zero-order valence-electron chi connectivity index (χ0n) is 8.87. The molecule has 1 heterocycles. The standard InChI is InChI=1S/C12H13ClN2/c1-9-12(13)10(2)15(14-9)8-11-6-4-3-5-7-11/h3-7H,8H2,1-2H3. The molecular formula is C12H13ClN2. The first-order chi connectivity index (χ1) is 7.18. The second-order valence-corrected chi connectivity index (χ2v) is 4.01. The summed E-state index contributed by atoms with van der Waals surface area (Å²) < 4.78 is 1.94. The zero-order valence-corrected chi connectivity index (χ0v) is 9.62. The zero-order chi connectivity index (χ0) is 10.8. The maximum Gasteiger partial charge on any atom is 0.0844 e. The molecule has 0 fully saturated rings. The molecule has 78 valence electrons. The molecule has 2 nitrogen and oxygen atoms in total. The molecule has 0 spiro atoms. The van der Waals surface area contributed by atoms with Gasteiger partial charge in [0.15, 0.2) is 0 Å². The average molecular weight is 221 g/mol. The number of hydrogen-bond acceptors (Lipinski definition) is 1. The lowest BCUT2D eigenvalue weighted by Gasteiger charge is -2.03. The first-order valence-corrected chi connectivity index (χ1v) is 5.29. The second kappa shape index (κ2) is 4.07. The van der Waals surface area contributed by atoms with Crippen LogP contribution in [0, 0.1) is 13.8 Å². The lowest BCUT2D eigenvalue weighted by atomic mass is 10.2. The minimum absolute atomic E-state index is 0.769. The molecule has 0 radical (unpaired) electrons. The number of benzene rings is 1. The van der Waals surface area contributed by atoms with Crippen LogP contribution in [0.1, 0.15) is 17.0 Å². The van der Waals surface area contributed by atoms with Gasteiger partial charge in [0.25, 0.3) is 0 Å². The van der Waals surface area contributed by atoms with Gasteiger partial charge in [-0.2, -0.15) is 5.10 Å². The molecule has 1 aromatic heterocycles. The third-order valence-electron chi connectivity index (χ3n) is 2.47. The molecule has 0 amide bonds. The Hall–Kier alpha value is -1.28. The fourth-order valence-corrected chi connectivity index (χ4v) is 1.72. The maximum atomic E-state index is 6.08. The number of rotatable bonds is 2. The van der Waals surface area contributed by atoms with Gasteiger partial charge in [0, 0.05) is 0 Å². The van der Waals surface area contributed by atoms with Crippen molar-refractivity contribution in [3.8, 4) is 0 Å². The van der Waals surface area contributed by atoms with Crippen molar-refractivity contribution in [3.05, 3.63) is 52.3 Å². The van der Waals surface area contributed by atoms with Gasteiger partial charge in [0.05, 0.1) is 23.0 Å². The van der Waals surface area contributed by atoms with Crippen LogP contribution in [-0.4, -0.2) is 9.78 Å². The van der Waals surface area contributed by atoms with E-state index in [1.165, 1.54) is 5.56 Å². The second-order valence-electron chi connectivity index (χ2n) is 3.63. The predicted molar refractivity (Wildman–Crippen MR) is 62.3 cm³/mol. The van der Waals surface area contributed by atoms with E-state index in [4.69, 9.17) is 11.6 Å². The van der Waals surface area contributed by atoms with Crippen LogP contribution in [0.4, 0.5) is 0 Å². The van der Waals surface area contributed by atoms with Crippen molar-refractivity contribution in [2.75, 3.05) is 0 Å². The molecule has 0 bridgehead atoms. The molecule has 0 atom stereocenters. The molecule has 2 aromatic rings. The molecule has 0 saturated heterocycles. The Balaban J connectivity index is 2.29. The van der Waals surface area contributed by atoms with Crippen LogP contribution in [0.15, 0.2) is 30.3 Å². The smallest absolute Gasteiger partial charge is 0.0844 e. The molecule has 0 saturated carbocycles. The largest absolute Gasteiger partial charge is 0.264 e. The quantitative estimate of drug-likeness (QED) is 0.760. The van der Waals surface area contributed by atoms with Crippen molar-refractivity contribution in [2.45, 2.75) is 20.4 Å². The van der Waals surface area contributed by atoms with E-state index in [0.717, 1.165) is 23.0 Å². The van der Waals surface area contributed by atoms with E-state index < -0.39 is 0 Å². The van der Waals surface area contributed by atoms with Crippen LogP contribution >= 0.6 is 11.6 Å². The monoisotopic (exact) mass is 220 g/mol. The summed E-state index contributed by atoms with van der Waals surface area (Å²) in [6, 6.07) is 10.2. The van der Waals surface area contributed by atoms with E-state index in [-0.39, 0.29) is 0 Å². The number of aryl methyl sites for hydroxylation is 1. The van der Waals surface area contributed by atoms with Crippen molar-refractivity contribution in [1.82, 2.24) is 9.78 Å². The van der Waals surface area contributed by atoms with Crippen molar-refractivity contribution in [1.29, 1.82) is 0 Å². The van der Waals surface area contributed by atoms with Crippen LogP contribution in [0.3, 0.4) is 0 Å². The molecule has 0 aliphatic carbocycles. The highest BCUT2D eigenvalue weighted by Crippen LogP contribution is 2.19. The third-order valence-corrected chi connectivity index (χ3v) is 3.02. The van der Waals surface area contributed by atoms with Crippen LogP contribution in [-0.2, 0) is 6.54 Å². The van der Waals surface area contributed by atoms with Gasteiger partial charge in [-0.3, -0.25) is 4.68 Å². The molecule has 0 N–H and O–H groups in total. The first-order valence-electron chi connectivity index (χ1n) is 4.92. The predicted octanol–water partition coefficient (Wildman–Crippen LogP) is 3.20. The minimum Gasteiger partial charge on any atom is -0.264 e. The Bertz CT molecular complexity index is 460. The lowest BCUT2D eigenvalue weighted by molar-refractivity contribution is 0.659. The average Bonchev–Trinajstić information content (AvgIpc) is 2.48. The Labute approximate surface area is 94.5 Å². The fraction of sp³-hybridized carbons (Fsp3) is 0.250. The Morgan fingerprint density at radius 3 is 2.40 bits per heavy atom. The Morgan fingerprint density at radius 2 is 1.87 bits per heavy atom. The van der Waals surface area contributed by atoms with Gasteiger partial charge in [-0.15, -0.1) is 0 Å². The van der Waals surface area contributed by atoms with Crippen LogP contribution in [0.25, 0.3) is 0 Å². The van der Waals surface area contributed by atoms with E-state index in [1.807, 2.05) is 36.7 Å². The number of nitrogens with zero attached hydrogens (tertiary/aromatic N) is 2. The van der Waals surface area contributed by atoms with Crippen LogP contribution < -0.4 is 0 Å². The summed E-state index contributed by atoms with van der Waals surface area (Å²) in [5, 5.41) is 5.16. The lowest BCUT2D eigenvalue weighted by Crippen LogP contribution is -2.03. The van der Waals surface area contributed by atoms with Crippen molar-refractivity contribution >= 4 is 11.6 Å². The Kier molecular flexibility index (Phi) is 2.78. The SMILES string of the molecule is Cc1nn(Cc2ccccc2)c(C)c1Cl. The van der Waals surface area contributed by atoms with Gasteiger partial charge in [0.2, 0.25) is 0 Å². The molecule has 2 rings (SSSR count). The van der Waals surface area contributed by atoms with Gasteiger partial charge in [-0.25, -0.2) is 0 Å². The van der Waals surface area contributed by atoms with Crippen LogP contribution in [0.2, 0.25) is 5.02 Å². The molecule has 0 aliphatic heterocycles. The molecular weight excluding hydrogens is 208 g/mol. The van der Waals surface area contributed by atoms with Crippen molar-refractivity contribution in [2.24, 2.45) is 0 Å². The highest BCUT2D eigenvalue weighted by atomic mass is 35.5. The fourth-order valence-electron chi connectivity index (χ4n) is 1.59. The highest BCUT2D eigenvalue weighted by molar-refractivity contribution is 6.31. The highest BCUT2D eigenvalue weighted by Gasteiger charge is 2.08. The maximum absolute atomic E-state index is 6.08. The molecule has 0 unspecified atom stereocenters. The summed E-state index contributed by atoms with van der Waals surface area (Å²) in [5.41, 5.74) is 3.16. The van der Waals surface area contributed by atoms with E-state index >= 15 is 0 Å². The first kappa shape index (κ1) is 10.2. The van der Waals surface area contributed by atoms with Crippen molar-refractivity contribution < 1.29 is 0 Å². The van der Waals surface area contributed by atoms with Gasteiger partial charge >= 0.3 is 0 Å². The summed E-state index contributed by atoms with van der Waals surface area (Å²) in [7, 11) is 0. The van der Waals surface area contributed by atoms with E-state index in [9.17, 15) is 0 Å². The topological polar surface area (TPSA) is 17.8 Å². The summed E-state index contributed by atoms with van der Waals surface area (Å²) in [6.07, 6.45) is 0. The summed E-state index contributed by atoms with van der Waals surface area (Å²) >= 11 is 6.08. The van der Waals surface area contributed by atoms with Crippen molar-refractivity contribution in [3.63, 3.8) is 0 Å². The van der Waals surface area contributed by atoms with Gasteiger partial charge in [0.1, 0.15) is 0 Å². The van der Waals surface area contributed by atoms with E-state index in [2.05, 4.69) is 17.2 Å². The Morgan fingerprint density at radius 1 is 1.20 bits per heavy atom.